The van der Waals surface area contributed by atoms with Crippen molar-refractivity contribution in [2.75, 3.05) is 13.1 Å². The SMILES string of the molecule is CC(C)CCCNC(=O)NCC1CCC(C(=O)O)O1. The van der Waals surface area contributed by atoms with E-state index in [-0.39, 0.29) is 12.1 Å². The van der Waals surface area contributed by atoms with Crippen LogP contribution in [0.5, 0.6) is 0 Å². The molecule has 6 nitrogen and oxygen atoms in total. The van der Waals surface area contributed by atoms with Gasteiger partial charge in [-0.3, -0.25) is 0 Å². The molecular weight excluding hydrogens is 248 g/mol. The molecule has 6 heteroatoms. The van der Waals surface area contributed by atoms with E-state index >= 15 is 0 Å². The molecule has 0 aliphatic carbocycles. The number of urea groups is 1. The predicted octanol–water partition coefficient (Wildman–Crippen LogP) is 1.35. The van der Waals surface area contributed by atoms with Gasteiger partial charge in [0.25, 0.3) is 0 Å². The van der Waals surface area contributed by atoms with Crippen LogP contribution in [0.15, 0.2) is 0 Å². The molecule has 19 heavy (non-hydrogen) atoms. The number of carboxylic acid groups (broad SMARTS) is 1. The molecule has 1 aliphatic heterocycles. The second-order valence-electron chi connectivity index (χ2n) is 5.34. The number of carbonyl (C=O) groups excluding carboxylic acids is 1. The number of hydrogen-bond donors (Lipinski definition) is 3. The van der Waals surface area contributed by atoms with E-state index in [9.17, 15) is 9.59 Å². The highest BCUT2D eigenvalue weighted by atomic mass is 16.5. The molecule has 2 unspecified atom stereocenters. The van der Waals surface area contributed by atoms with Crippen LogP contribution in [0.25, 0.3) is 0 Å². The van der Waals surface area contributed by atoms with Crippen molar-refractivity contribution in [3.63, 3.8) is 0 Å². The Morgan fingerprint density at radius 3 is 2.63 bits per heavy atom. The highest BCUT2D eigenvalue weighted by Gasteiger charge is 2.30. The molecule has 1 fully saturated rings. The van der Waals surface area contributed by atoms with Crippen LogP contribution >= 0.6 is 0 Å². The van der Waals surface area contributed by atoms with Crippen molar-refractivity contribution in [1.29, 1.82) is 0 Å². The fourth-order valence-corrected chi connectivity index (χ4v) is 2.02. The second-order valence-corrected chi connectivity index (χ2v) is 5.34. The topological polar surface area (TPSA) is 87.7 Å². The minimum Gasteiger partial charge on any atom is -0.479 e. The van der Waals surface area contributed by atoms with E-state index in [0.29, 0.717) is 31.8 Å². The fraction of sp³-hybridized carbons (Fsp3) is 0.846. The van der Waals surface area contributed by atoms with Gasteiger partial charge in [0.05, 0.1) is 6.10 Å². The van der Waals surface area contributed by atoms with Crippen LogP contribution in [0.2, 0.25) is 0 Å². The minimum atomic E-state index is -0.930. The second kappa shape index (κ2) is 7.99. The number of nitrogens with one attached hydrogen (secondary N) is 2. The van der Waals surface area contributed by atoms with Crippen molar-refractivity contribution in [1.82, 2.24) is 10.6 Å². The first-order chi connectivity index (χ1) is 8.99. The lowest BCUT2D eigenvalue weighted by Gasteiger charge is -2.13. The number of amides is 2. The summed E-state index contributed by atoms with van der Waals surface area (Å²) in [5.74, 6) is -0.287. The lowest BCUT2D eigenvalue weighted by atomic mass is 10.1. The van der Waals surface area contributed by atoms with Crippen molar-refractivity contribution in [3.05, 3.63) is 0 Å². The van der Waals surface area contributed by atoms with Crippen LogP contribution in [0.3, 0.4) is 0 Å². The molecular formula is C13H24N2O4. The van der Waals surface area contributed by atoms with Gasteiger partial charge >= 0.3 is 12.0 Å². The average molecular weight is 272 g/mol. The van der Waals surface area contributed by atoms with Crippen molar-refractivity contribution >= 4 is 12.0 Å². The zero-order chi connectivity index (χ0) is 14.3. The summed E-state index contributed by atoms with van der Waals surface area (Å²) in [4.78, 5) is 22.2. The maximum atomic E-state index is 11.5. The molecule has 0 spiro atoms. The highest BCUT2D eigenvalue weighted by Crippen LogP contribution is 2.19. The van der Waals surface area contributed by atoms with Gasteiger partial charge in [0.2, 0.25) is 0 Å². The smallest absolute Gasteiger partial charge is 0.332 e. The van der Waals surface area contributed by atoms with Gasteiger partial charge in [-0.2, -0.15) is 0 Å². The molecule has 2 amide bonds. The van der Waals surface area contributed by atoms with Gasteiger partial charge in [-0.1, -0.05) is 13.8 Å². The Bertz CT molecular complexity index is 307. The summed E-state index contributed by atoms with van der Waals surface area (Å²) < 4.78 is 5.29. The van der Waals surface area contributed by atoms with Crippen LogP contribution in [-0.2, 0) is 9.53 Å². The Morgan fingerprint density at radius 1 is 1.32 bits per heavy atom. The first-order valence-electron chi connectivity index (χ1n) is 6.89. The number of rotatable bonds is 7. The Labute approximate surface area is 113 Å². The Balaban J connectivity index is 2.06. The van der Waals surface area contributed by atoms with Crippen LogP contribution in [0.4, 0.5) is 4.79 Å². The lowest BCUT2D eigenvalue weighted by Crippen LogP contribution is -2.40. The van der Waals surface area contributed by atoms with Crippen molar-refractivity contribution in [2.24, 2.45) is 5.92 Å². The van der Waals surface area contributed by atoms with Gasteiger partial charge < -0.3 is 20.5 Å². The van der Waals surface area contributed by atoms with E-state index in [1.54, 1.807) is 0 Å². The van der Waals surface area contributed by atoms with Crippen LogP contribution < -0.4 is 10.6 Å². The molecule has 2 atom stereocenters. The highest BCUT2D eigenvalue weighted by molar-refractivity contribution is 5.74. The Morgan fingerprint density at radius 2 is 2.05 bits per heavy atom. The van der Waals surface area contributed by atoms with Crippen LogP contribution in [0, 0.1) is 5.92 Å². The van der Waals surface area contributed by atoms with Crippen molar-refractivity contribution in [2.45, 2.75) is 51.7 Å². The first-order valence-corrected chi connectivity index (χ1v) is 6.89. The third-order valence-corrected chi connectivity index (χ3v) is 3.12. The number of carbonyl (C=O) groups is 2. The fourth-order valence-electron chi connectivity index (χ4n) is 2.02. The molecule has 1 saturated heterocycles. The minimum absolute atomic E-state index is 0.192. The largest absolute Gasteiger partial charge is 0.479 e. The van der Waals surface area contributed by atoms with E-state index in [2.05, 4.69) is 24.5 Å². The Hall–Kier alpha value is -1.30. The summed E-state index contributed by atoms with van der Waals surface area (Å²) in [5.41, 5.74) is 0. The normalized spacial score (nSPS) is 22.5. The molecule has 110 valence electrons. The monoisotopic (exact) mass is 272 g/mol. The van der Waals surface area contributed by atoms with Gasteiger partial charge in [-0.05, 0) is 31.6 Å². The van der Waals surface area contributed by atoms with Gasteiger partial charge in [-0.25, -0.2) is 9.59 Å². The van der Waals surface area contributed by atoms with E-state index in [4.69, 9.17) is 9.84 Å². The maximum absolute atomic E-state index is 11.5. The predicted molar refractivity (Wildman–Crippen MR) is 71.0 cm³/mol. The van der Waals surface area contributed by atoms with Crippen molar-refractivity contribution in [3.8, 4) is 0 Å². The summed E-state index contributed by atoms with van der Waals surface area (Å²) in [6, 6.07) is -0.217. The summed E-state index contributed by atoms with van der Waals surface area (Å²) in [5, 5.41) is 14.3. The first kappa shape index (κ1) is 15.8. The zero-order valence-corrected chi connectivity index (χ0v) is 11.6. The van der Waals surface area contributed by atoms with Gasteiger partial charge in [0, 0.05) is 13.1 Å². The number of aliphatic carboxylic acids is 1. The van der Waals surface area contributed by atoms with Gasteiger partial charge in [-0.15, -0.1) is 0 Å². The third-order valence-electron chi connectivity index (χ3n) is 3.12. The number of carboxylic acids is 1. The molecule has 1 heterocycles. The van der Waals surface area contributed by atoms with E-state index < -0.39 is 12.1 Å². The third kappa shape index (κ3) is 6.42. The summed E-state index contributed by atoms with van der Waals surface area (Å²) in [7, 11) is 0. The Kier molecular flexibility index (Phi) is 6.62. The van der Waals surface area contributed by atoms with Gasteiger partial charge in [0.15, 0.2) is 6.10 Å². The molecule has 0 bridgehead atoms. The van der Waals surface area contributed by atoms with E-state index in [1.165, 1.54) is 0 Å². The van der Waals surface area contributed by atoms with Crippen LogP contribution in [0.1, 0.15) is 39.5 Å². The summed E-state index contributed by atoms with van der Waals surface area (Å²) in [6.07, 6.45) is 2.32. The molecule has 1 rings (SSSR count). The number of ether oxygens (including phenoxy) is 1. The molecule has 0 aromatic rings. The molecule has 0 aromatic carbocycles. The maximum Gasteiger partial charge on any atom is 0.332 e. The number of hydrogen-bond acceptors (Lipinski definition) is 3. The van der Waals surface area contributed by atoms with Crippen molar-refractivity contribution < 1.29 is 19.4 Å². The molecule has 0 radical (unpaired) electrons. The van der Waals surface area contributed by atoms with E-state index in [0.717, 1.165) is 12.8 Å². The standard InChI is InChI=1S/C13H24N2O4/c1-9(2)4-3-7-14-13(18)15-8-10-5-6-11(19-10)12(16)17/h9-11H,3-8H2,1-2H3,(H,16,17)(H2,14,15,18). The molecule has 3 N–H and O–H groups in total. The van der Waals surface area contributed by atoms with E-state index in [1.807, 2.05) is 0 Å². The lowest BCUT2D eigenvalue weighted by molar-refractivity contribution is -0.149. The summed E-state index contributed by atoms with van der Waals surface area (Å²) >= 11 is 0. The quantitative estimate of drug-likeness (QED) is 0.610. The molecule has 1 aliphatic rings. The zero-order valence-electron chi connectivity index (χ0n) is 11.6. The molecule has 0 aromatic heterocycles. The summed E-state index contributed by atoms with van der Waals surface area (Å²) in [6.45, 7) is 5.32. The van der Waals surface area contributed by atoms with Crippen LogP contribution in [-0.4, -0.2) is 42.4 Å². The molecule has 0 saturated carbocycles. The average Bonchev–Trinajstić information content (AvgIpc) is 2.81. The van der Waals surface area contributed by atoms with Gasteiger partial charge in [0.1, 0.15) is 0 Å².